The zero-order chi connectivity index (χ0) is 104. The molecule has 13 aliphatic heterocycles. The molecule has 20 nitrogen and oxygen atoms in total. The molecule has 5 atom stereocenters. The van der Waals surface area contributed by atoms with E-state index in [0.717, 1.165) is 114 Å². The minimum Gasteiger partial charge on any atom is -0.372 e. The van der Waals surface area contributed by atoms with Crippen molar-refractivity contribution < 1.29 is 0 Å². The van der Waals surface area contributed by atoms with Crippen LogP contribution in [-0.2, 0) is 0 Å². The molecule has 15 heterocycles. The number of likely N-dealkylation sites (tertiary alicyclic amines) is 1. The Morgan fingerprint density at radius 1 is 0.235 bits per heavy atom. The summed E-state index contributed by atoms with van der Waals surface area (Å²) in [4.78, 5) is 52.7. The summed E-state index contributed by atoms with van der Waals surface area (Å²) in [5.41, 5.74) is 23.1. The molecule has 149 heavy (non-hydrogen) atoms. The van der Waals surface area contributed by atoms with Crippen molar-refractivity contribution in [3.63, 3.8) is 0 Å². The van der Waals surface area contributed by atoms with Crippen molar-refractivity contribution in [2.75, 3.05) is 295 Å². The van der Waals surface area contributed by atoms with E-state index in [9.17, 15) is 0 Å². The van der Waals surface area contributed by atoms with Gasteiger partial charge in [-0.3, -0.25) is 24.5 Å². The first-order valence-corrected chi connectivity index (χ1v) is 58.8. The normalized spacial score (nSPS) is 22.3. The third-order valence-corrected chi connectivity index (χ3v) is 34.7. The first-order chi connectivity index (χ1) is 72.4. The van der Waals surface area contributed by atoms with E-state index in [0.29, 0.717) is 12.1 Å². The molecule has 808 valence electrons. The number of nitrogens with one attached hydrogen (secondary N) is 1. The van der Waals surface area contributed by atoms with Gasteiger partial charge in [-0.2, -0.15) is 0 Å². The summed E-state index contributed by atoms with van der Waals surface area (Å²) in [7, 11) is 8.77. The van der Waals surface area contributed by atoms with E-state index in [1.807, 2.05) is 30.7 Å². The van der Waals surface area contributed by atoms with Gasteiger partial charge in [0.25, 0.3) is 0 Å². The first-order valence-electron chi connectivity index (χ1n) is 58.0. The maximum atomic E-state index is 4.32. The number of nitrogens with zero attached hydrogens (tertiary/aromatic N) is 19. The minimum absolute atomic E-state index is 0.630. The number of piperazine rings is 7. The zero-order valence-electron chi connectivity index (χ0n) is 94.9. The summed E-state index contributed by atoms with van der Waals surface area (Å²) in [6.07, 6.45) is 24.4. The number of benzene rings is 8. The first kappa shape index (κ1) is 113. The Balaban J connectivity index is 0.000000124. The van der Waals surface area contributed by atoms with E-state index in [2.05, 4.69) is 409 Å². The van der Waals surface area contributed by atoms with Crippen LogP contribution in [-0.4, -0.2) is 336 Å². The van der Waals surface area contributed by atoms with E-state index >= 15 is 0 Å². The van der Waals surface area contributed by atoms with E-state index in [-0.39, 0.29) is 0 Å². The highest BCUT2D eigenvalue weighted by Crippen LogP contribution is 2.35. The van der Waals surface area contributed by atoms with Crippen molar-refractivity contribution in [1.82, 2.24) is 54.5 Å². The van der Waals surface area contributed by atoms with Gasteiger partial charge in [0.15, 0.2) is 0 Å². The lowest BCUT2D eigenvalue weighted by Crippen LogP contribution is -2.55. The number of thiophene rings is 1. The number of hydrogen-bond acceptors (Lipinski definition) is 21. The average molecular weight is 2040 g/mol. The predicted molar refractivity (Wildman–Crippen MR) is 641 cm³/mol. The average Bonchev–Trinajstić information content (AvgIpc) is 1.82. The van der Waals surface area contributed by atoms with Crippen LogP contribution in [0, 0.1) is 69.2 Å². The molecule has 0 bridgehead atoms. The van der Waals surface area contributed by atoms with Crippen LogP contribution in [0.4, 0.5) is 50.8 Å². The number of aryl methyl sites for hydroxylation is 10. The molecular formula is C128H190N20S. The maximum absolute atomic E-state index is 4.32. The summed E-state index contributed by atoms with van der Waals surface area (Å²) in [5, 5.41) is 4.89. The molecule has 2 aromatic heterocycles. The Kier molecular flexibility index (Phi) is 44.5. The Morgan fingerprint density at radius 3 is 0.953 bits per heavy atom. The number of rotatable bonds is 11. The fraction of sp³-hybridized carbons (Fsp3) is 0.562. The van der Waals surface area contributed by atoms with E-state index in [4.69, 9.17) is 0 Å². The smallest absolute Gasteiger partial charge is 0.225 e. The van der Waals surface area contributed by atoms with Gasteiger partial charge in [0.2, 0.25) is 5.95 Å². The number of aromatic nitrogens is 2. The topological polar surface area (TPSA) is 92.9 Å². The van der Waals surface area contributed by atoms with Crippen molar-refractivity contribution in [2.45, 2.75) is 222 Å². The van der Waals surface area contributed by atoms with Gasteiger partial charge in [-0.05, 0) is 355 Å². The molecule has 21 heteroatoms. The molecule has 10 aromatic rings. The summed E-state index contributed by atoms with van der Waals surface area (Å²) < 4.78 is 0. The molecule has 1 N–H and O–H groups in total. The summed E-state index contributed by atoms with van der Waals surface area (Å²) in [5.74, 6) is 1.66. The number of anilines is 9. The molecule has 8 aromatic carbocycles. The molecule has 3 unspecified atom stereocenters. The summed E-state index contributed by atoms with van der Waals surface area (Å²) in [6.45, 7) is 66.6. The third kappa shape index (κ3) is 36.0. The van der Waals surface area contributed by atoms with Crippen LogP contribution in [0.1, 0.15) is 177 Å². The van der Waals surface area contributed by atoms with Gasteiger partial charge in [-0.1, -0.05) is 160 Å². The molecule has 0 radical (unpaired) electrons. The Labute approximate surface area is 906 Å². The fourth-order valence-corrected chi connectivity index (χ4v) is 24.0. The van der Waals surface area contributed by atoms with Gasteiger partial charge < -0.3 is 64.1 Å². The molecule has 1 saturated carbocycles. The molecular weight excluding hydrogens is 1850 g/mol. The lowest BCUT2D eigenvalue weighted by molar-refractivity contribution is 0.133. The van der Waals surface area contributed by atoms with Gasteiger partial charge in [-0.15, -0.1) is 11.3 Å². The highest BCUT2D eigenvalue weighted by atomic mass is 32.1. The lowest BCUT2D eigenvalue weighted by atomic mass is 9.89. The second-order valence-corrected chi connectivity index (χ2v) is 47.0. The van der Waals surface area contributed by atoms with Gasteiger partial charge >= 0.3 is 0 Å². The molecule has 1 aliphatic carbocycles. The maximum Gasteiger partial charge on any atom is 0.225 e. The Morgan fingerprint density at radius 2 is 0.550 bits per heavy atom. The number of piperidine rings is 3. The molecule has 14 fully saturated rings. The standard InChI is InChI=1S/C15H22N2.2C14H20N2.C14H22N2.C13H19N.C12H18N2S.2C12H18N2.C12H17N.C10H16N4/c1-13-5-7-14(8-6-13)17-11-10-16-9-3-2-4-15(16)12-17;1-12-2-4-13(5-3-12)15-8-10-16(11-9-15)14-6-7-14;1-12-4-6-13(7-5-12)16-10-9-15-8-2-3-14(15)11-16;1-11-5-7-14(8-6-11)16-9-12(2)15(4)13(3)10-16;1-11-3-5-12(6-4-11)13-7-9-14(2)10-8-13;1-10-4-5-12(15-10)14-8-7-13-6-2-3-11(13)9-14;1-11-3-5-12(6-4-11)14-9-7-13(2)8-10-14;1-11-3-5-12(6-4-11)14-9-2-7-13-8-10-14;1-11-5-7-12(8-6-11)13-9-3-2-4-10-13;1-9-7-11-10(12-8-9)14-5-3-13(2)4-6-14/h5-8,15H,2-4,9-12H2,1H3;2-5,14H,6-11H2,1H3;4-7,14H,2-3,8-11H2,1H3;5-8,12-13H,9-10H2,1-4H3;3-6,13H,7-10H2,1-2H3;4-5,11H,2-3,6-9H2,1H3;3-6H,7-10H2,1-2H3;3-6,13H,2,7-10H2,1H3;5-8H,2-4,9-10H2,1H3;7-8H,3-6H2,1-2H3/t;;;12-,13+;;;;;;. The van der Waals surface area contributed by atoms with Crippen LogP contribution < -0.4 is 49.4 Å². The van der Waals surface area contributed by atoms with Gasteiger partial charge in [0.05, 0.1) is 5.00 Å². The van der Waals surface area contributed by atoms with Crippen molar-refractivity contribution in [1.29, 1.82) is 0 Å². The van der Waals surface area contributed by atoms with Crippen LogP contribution >= 0.6 is 11.3 Å². The van der Waals surface area contributed by atoms with E-state index in [1.165, 1.54) is 347 Å². The quantitative estimate of drug-likeness (QED) is 0.133. The van der Waals surface area contributed by atoms with Crippen LogP contribution in [0.15, 0.2) is 219 Å². The van der Waals surface area contributed by atoms with Crippen molar-refractivity contribution in [3.8, 4) is 0 Å². The fourth-order valence-electron chi connectivity index (χ4n) is 23.1. The van der Waals surface area contributed by atoms with E-state index < -0.39 is 0 Å². The highest BCUT2D eigenvalue weighted by Gasteiger charge is 2.36. The van der Waals surface area contributed by atoms with Gasteiger partial charge in [0, 0.05) is 277 Å². The monoisotopic (exact) mass is 2040 g/mol. The molecule has 0 amide bonds. The lowest BCUT2D eigenvalue weighted by Gasteiger charge is -2.45. The SMILES string of the molecule is Cc1ccc(C2CCN(C)CC2)cc1.Cc1ccc(N2CCCCC2)cc1.Cc1ccc(N2CCCNCC2)cc1.Cc1ccc(N2CCN(C)CC2)cc1.Cc1ccc(N2CCN(C3CC3)CC2)cc1.Cc1ccc(N2CCN3CCCC3C2)cc1.Cc1ccc(N2CCN3CCCC3C2)s1.Cc1ccc(N2CCN3CCCCC3C2)cc1.Cc1ccc(N2C[C@@H](C)N(C)[C@@H](C)C2)cc1.Cc1cnc(N2CCN(C)CC2)nc1. The second kappa shape index (κ2) is 58.5. The molecule has 13 saturated heterocycles. The summed E-state index contributed by atoms with van der Waals surface area (Å²) >= 11 is 1.94. The number of likely N-dealkylation sites (N-methyl/N-ethyl adjacent to an activating group) is 3. The van der Waals surface area contributed by atoms with Gasteiger partial charge in [0.1, 0.15) is 0 Å². The number of fused-ring (bicyclic) bond motifs is 3. The van der Waals surface area contributed by atoms with E-state index in [1.54, 1.807) is 0 Å². The Bertz CT molecular complexity index is 5220. The summed E-state index contributed by atoms with van der Waals surface area (Å²) in [6, 6.07) is 80.5. The molecule has 24 rings (SSSR count). The third-order valence-electron chi connectivity index (χ3n) is 33.6. The van der Waals surface area contributed by atoms with Crippen molar-refractivity contribution in [2.24, 2.45) is 0 Å². The highest BCUT2D eigenvalue weighted by molar-refractivity contribution is 7.16. The Hall–Kier alpha value is -9.62. The van der Waals surface area contributed by atoms with Crippen molar-refractivity contribution >= 4 is 62.1 Å². The van der Waals surface area contributed by atoms with Crippen LogP contribution in [0.5, 0.6) is 0 Å². The predicted octanol–water partition coefficient (Wildman–Crippen LogP) is 22.0. The second-order valence-electron chi connectivity index (χ2n) is 45.7. The van der Waals surface area contributed by atoms with Crippen LogP contribution in [0.2, 0.25) is 0 Å². The largest absolute Gasteiger partial charge is 0.372 e. The van der Waals surface area contributed by atoms with Gasteiger partial charge in [-0.25, -0.2) is 9.97 Å². The zero-order valence-corrected chi connectivity index (χ0v) is 95.7. The minimum atomic E-state index is 0.630. The molecule has 14 aliphatic rings. The number of hydrogen-bond donors (Lipinski definition) is 1. The van der Waals surface area contributed by atoms with Crippen LogP contribution in [0.3, 0.4) is 0 Å². The molecule has 0 spiro atoms. The van der Waals surface area contributed by atoms with Crippen LogP contribution in [0.25, 0.3) is 0 Å². The van der Waals surface area contributed by atoms with Crippen molar-refractivity contribution in [3.05, 3.63) is 279 Å².